The SMILES string of the molecule is COc1cccc(COC(=O)OC(C)(C)C)c1. The van der Waals surface area contributed by atoms with Crippen molar-refractivity contribution < 1.29 is 19.0 Å². The van der Waals surface area contributed by atoms with Gasteiger partial charge in [-0.2, -0.15) is 0 Å². The molecule has 4 heteroatoms. The van der Waals surface area contributed by atoms with Gasteiger partial charge in [-0.15, -0.1) is 0 Å². The van der Waals surface area contributed by atoms with E-state index in [1.807, 2.05) is 24.3 Å². The Hall–Kier alpha value is -1.71. The standard InChI is InChI=1S/C13H18O4/c1-13(2,3)17-12(14)16-9-10-6-5-7-11(8-10)15-4/h5-8H,9H2,1-4H3. The van der Waals surface area contributed by atoms with Crippen molar-refractivity contribution in [3.05, 3.63) is 29.8 Å². The molecule has 0 aliphatic rings. The maximum absolute atomic E-state index is 11.3. The Labute approximate surface area is 101 Å². The zero-order valence-electron chi connectivity index (χ0n) is 10.6. The summed E-state index contributed by atoms with van der Waals surface area (Å²) in [6, 6.07) is 7.33. The topological polar surface area (TPSA) is 44.8 Å². The van der Waals surface area contributed by atoms with Crippen LogP contribution in [0.1, 0.15) is 26.3 Å². The van der Waals surface area contributed by atoms with Crippen LogP contribution in [-0.4, -0.2) is 18.9 Å². The van der Waals surface area contributed by atoms with Crippen molar-refractivity contribution in [1.29, 1.82) is 0 Å². The van der Waals surface area contributed by atoms with Gasteiger partial charge in [-0.1, -0.05) is 12.1 Å². The van der Waals surface area contributed by atoms with Crippen molar-refractivity contribution in [2.24, 2.45) is 0 Å². The third-order valence-corrected chi connectivity index (χ3v) is 1.88. The van der Waals surface area contributed by atoms with Crippen LogP contribution in [0.25, 0.3) is 0 Å². The molecule has 94 valence electrons. The van der Waals surface area contributed by atoms with Crippen molar-refractivity contribution in [2.45, 2.75) is 33.0 Å². The molecule has 0 amide bonds. The fraction of sp³-hybridized carbons (Fsp3) is 0.462. The van der Waals surface area contributed by atoms with E-state index in [4.69, 9.17) is 14.2 Å². The van der Waals surface area contributed by atoms with Crippen LogP contribution < -0.4 is 4.74 Å². The Bertz CT molecular complexity index is 379. The highest BCUT2D eigenvalue weighted by atomic mass is 16.7. The lowest BCUT2D eigenvalue weighted by molar-refractivity contribution is -0.0108. The van der Waals surface area contributed by atoms with E-state index < -0.39 is 11.8 Å². The van der Waals surface area contributed by atoms with E-state index in [1.54, 1.807) is 27.9 Å². The first kappa shape index (κ1) is 13.4. The molecule has 0 bridgehead atoms. The average Bonchev–Trinajstić information content (AvgIpc) is 2.24. The Morgan fingerprint density at radius 1 is 1.29 bits per heavy atom. The first-order valence-electron chi connectivity index (χ1n) is 5.39. The van der Waals surface area contributed by atoms with Crippen LogP contribution in [0, 0.1) is 0 Å². The second-order valence-corrected chi connectivity index (χ2v) is 4.60. The molecule has 0 atom stereocenters. The summed E-state index contributed by atoms with van der Waals surface area (Å²) in [5, 5.41) is 0. The molecule has 0 aromatic heterocycles. The molecule has 1 aromatic rings. The number of hydrogen-bond acceptors (Lipinski definition) is 4. The monoisotopic (exact) mass is 238 g/mol. The number of methoxy groups -OCH3 is 1. The van der Waals surface area contributed by atoms with Crippen LogP contribution in [0.5, 0.6) is 5.75 Å². The molecular weight excluding hydrogens is 220 g/mol. The zero-order valence-corrected chi connectivity index (χ0v) is 10.6. The van der Waals surface area contributed by atoms with E-state index in [9.17, 15) is 4.79 Å². The molecule has 0 radical (unpaired) electrons. The highest BCUT2D eigenvalue weighted by Gasteiger charge is 2.17. The lowest BCUT2D eigenvalue weighted by atomic mass is 10.2. The lowest BCUT2D eigenvalue weighted by Gasteiger charge is -2.18. The second-order valence-electron chi connectivity index (χ2n) is 4.60. The zero-order chi connectivity index (χ0) is 12.9. The number of ether oxygens (including phenoxy) is 3. The van der Waals surface area contributed by atoms with Gasteiger partial charge in [0.2, 0.25) is 0 Å². The minimum absolute atomic E-state index is 0.173. The minimum Gasteiger partial charge on any atom is -0.497 e. The van der Waals surface area contributed by atoms with E-state index in [0.717, 1.165) is 11.3 Å². The Morgan fingerprint density at radius 2 is 2.00 bits per heavy atom. The quantitative estimate of drug-likeness (QED) is 0.759. The number of carbonyl (C=O) groups excluding carboxylic acids is 1. The summed E-state index contributed by atoms with van der Waals surface area (Å²) in [7, 11) is 1.59. The van der Waals surface area contributed by atoms with Crippen molar-refractivity contribution in [1.82, 2.24) is 0 Å². The normalized spacial score (nSPS) is 10.8. The molecule has 0 N–H and O–H groups in total. The predicted molar refractivity (Wildman–Crippen MR) is 64.0 cm³/mol. The molecule has 0 aliphatic heterocycles. The van der Waals surface area contributed by atoms with Gasteiger partial charge in [0.05, 0.1) is 7.11 Å². The molecule has 0 fully saturated rings. The van der Waals surface area contributed by atoms with Gasteiger partial charge in [0, 0.05) is 0 Å². The van der Waals surface area contributed by atoms with Crippen LogP contribution in [0.15, 0.2) is 24.3 Å². The minimum atomic E-state index is -0.666. The third kappa shape index (κ3) is 5.24. The van der Waals surface area contributed by atoms with Crippen LogP contribution in [-0.2, 0) is 16.1 Å². The van der Waals surface area contributed by atoms with Gasteiger partial charge in [-0.3, -0.25) is 0 Å². The van der Waals surface area contributed by atoms with E-state index in [-0.39, 0.29) is 6.61 Å². The van der Waals surface area contributed by atoms with Crippen LogP contribution in [0.2, 0.25) is 0 Å². The van der Waals surface area contributed by atoms with E-state index in [1.165, 1.54) is 0 Å². The maximum atomic E-state index is 11.3. The van der Waals surface area contributed by atoms with Gasteiger partial charge in [0.15, 0.2) is 0 Å². The molecule has 0 heterocycles. The van der Waals surface area contributed by atoms with Gasteiger partial charge < -0.3 is 14.2 Å². The van der Waals surface area contributed by atoms with E-state index in [0.29, 0.717) is 0 Å². The number of rotatable bonds is 3. The molecule has 0 aliphatic carbocycles. The van der Waals surface area contributed by atoms with Crippen molar-refractivity contribution in [2.75, 3.05) is 7.11 Å². The largest absolute Gasteiger partial charge is 0.509 e. The Kier molecular flexibility index (Phi) is 4.37. The Balaban J connectivity index is 2.47. The lowest BCUT2D eigenvalue weighted by Crippen LogP contribution is -2.24. The second kappa shape index (κ2) is 5.57. The Morgan fingerprint density at radius 3 is 2.59 bits per heavy atom. The summed E-state index contributed by atoms with van der Waals surface area (Å²) in [6.07, 6.45) is -0.666. The first-order valence-corrected chi connectivity index (χ1v) is 5.39. The van der Waals surface area contributed by atoms with Gasteiger partial charge in [0.25, 0.3) is 0 Å². The van der Waals surface area contributed by atoms with E-state index >= 15 is 0 Å². The maximum Gasteiger partial charge on any atom is 0.509 e. The fourth-order valence-electron chi connectivity index (χ4n) is 1.18. The third-order valence-electron chi connectivity index (χ3n) is 1.88. The van der Waals surface area contributed by atoms with Crippen LogP contribution in [0.4, 0.5) is 4.79 Å². The highest BCUT2D eigenvalue weighted by Crippen LogP contribution is 2.14. The van der Waals surface area contributed by atoms with Gasteiger partial charge >= 0.3 is 6.16 Å². The number of hydrogen-bond donors (Lipinski definition) is 0. The highest BCUT2D eigenvalue weighted by molar-refractivity contribution is 5.60. The van der Waals surface area contributed by atoms with Crippen molar-refractivity contribution >= 4 is 6.16 Å². The fourth-order valence-corrected chi connectivity index (χ4v) is 1.18. The van der Waals surface area contributed by atoms with Crippen molar-refractivity contribution in [3.8, 4) is 5.75 Å². The molecule has 0 saturated carbocycles. The van der Waals surface area contributed by atoms with Gasteiger partial charge in [-0.25, -0.2) is 4.79 Å². The van der Waals surface area contributed by atoms with Crippen LogP contribution >= 0.6 is 0 Å². The summed E-state index contributed by atoms with van der Waals surface area (Å²) in [5.74, 6) is 0.732. The molecule has 0 saturated heterocycles. The summed E-state index contributed by atoms with van der Waals surface area (Å²) < 4.78 is 15.1. The van der Waals surface area contributed by atoms with Gasteiger partial charge in [-0.05, 0) is 38.5 Å². The predicted octanol–water partition coefficient (Wildman–Crippen LogP) is 3.15. The van der Waals surface area contributed by atoms with E-state index in [2.05, 4.69) is 0 Å². The molecule has 1 rings (SSSR count). The molecule has 17 heavy (non-hydrogen) atoms. The number of benzene rings is 1. The molecule has 0 spiro atoms. The summed E-state index contributed by atoms with van der Waals surface area (Å²) in [5.41, 5.74) is 0.320. The molecule has 0 unspecified atom stereocenters. The summed E-state index contributed by atoms with van der Waals surface area (Å²) in [4.78, 5) is 11.3. The smallest absolute Gasteiger partial charge is 0.497 e. The molecule has 1 aromatic carbocycles. The molecular formula is C13H18O4. The number of carbonyl (C=O) groups is 1. The van der Waals surface area contributed by atoms with Crippen LogP contribution in [0.3, 0.4) is 0 Å². The van der Waals surface area contributed by atoms with Crippen molar-refractivity contribution in [3.63, 3.8) is 0 Å². The summed E-state index contributed by atoms with van der Waals surface area (Å²) >= 11 is 0. The average molecular weight is 238 g/mol. The molecule has 4 nitrogen and oxygen atoms in total. The van der Waals surface area contributed by atoms with Gasteiger partial charge in [0.1, 0.15) is 18.0 Å². The summed E-state index contributed by atoms with van der Waals surface area (Å²) in [6.45, 7) is 5.55. The first-order chi connectivity index (χ1) is 7.90.